The molecule has 32 heavy (non-hydrogen) atoms. The molecule has 4 saturated carbocycles. The van der Waals surface area contributed by atoms with Gasteiger partial charge in [0.25, 0.3) is 0 Å². The Bertz CT molecular complexity index is 844. The van der Waals surface area contributed by atoms with Gasteiger partial charge in [0.15, 0.2) is 5.78 Å². The molecule has 12 atom stereocenters. The third-order valence-electron chi connectivity index (χ3n) is 11.4. The van der Waals surface area contributed by atoms with E-state index in [9.17, 15) is 9.59 Å². The fourth-order valence-corrected chi connectivity index (χ4v) is 10.6. The average Bonchev–Trinajstić information content (AvgIpc) is 3.18. The van der Waals surface area contributed by atoms with Gasteiger partial charge < -0.3 is 9.47 Å². The molecule has 6 rings (SSSR count). The second kappa shape index (κ2) is 7.13. The van der Waals surface area contributed by atoms with Crippen molar-refractivity contribution in [1.82, 2.24) is 0 Å². The Hall–Kier alpha value is -0.260. The van der Waals surface area contributed by atoms with E-state index in [-0.39, 0.29) is 40.5 Å². The Balaban J connectivity index is 1.30. The zero-order valence-electron chi connectivity index (χ0n) is 20.1. The highest BCUT2D eigenvalue weighted by molar-refractivity contribution is 9.09. The van der Waals surface area contributed by atoms with Gasteiger partial charge in [0.1, 0.15) is 5.78 Å². The Kier molecular flexibility index (Phi) is 4.95. The molecule has 6 aliphatic rings. The van der Waals surface area contributed by atoms with E-state index in [1.54, 1.807) is 0 Å². The minimum Gasteiger partial charge on any atom is -0.343 e. The van der Waals surface area contributed by atoms with Gasteiger partial charge in [0.2, 0.25) is 5.79 Å². The molecule has 2 saturated heterocycles. The molecule has 0 aromatic rings. The maximum absolute atomic E-state index is 13.4. The first-order valence-corrected chi connectivity index (χ1v) is 14.0. The summed E-state index contributed by atoms with van der Waals surface area (Å²) in [5.74, 6) is 2.27. The summed E-state index contributed by atoms with van der Waals surface area (Å²) in [6.45, 7) is 9.80. The minimum absolute atomic E-state index is 0.0884. The Morgan fingerprint density at radius 2 is 1.72 bits per heavy atom. The summed E-state index contributed by atoms with van der Waals surface area (Å²) in [7, 11) is 0. The zero-order chi connectivity index (χ0) is 22.6. The standard InChI is InChI=1S/C27H39BrO4/c1-14-9-23(30)27(31-13-14)15(2)24-22(32-27)12-19-17-11-21(29)20-10-16(28)5-7-25(20,3)18(17)6-8-26(19,24)4/h14-20,22,24H,5-13H2,1-4H3/t14-,15+,16+,17-,18+,19+,20-,22+,24+,25-,26+,27+/m1/s1. The lowest BCUT2D eigenvalue weighted by atomic mass is 9.44. The van der Waals surface area contributed by atoms with Gasteiger partial charge in [-0.25, -0.2) is 0 Å². The summed E-state index contributed by atoms with van der Waals surface area (Å²) < 4.78 is 12.8. The van der Waals surface area contributed by atoms with Crippen LogP contribution >= 0.6 is 15.9 Å². The fourth-order valence-electron chi connectivity index (χ4n) is 9.95. The molecule has 1 spiro atoms. The van der Waals surface area contributed by atoms with Crippen molar-refractivity contribution in [2.75, 3.05) is 6.61 Å². The number of hydrogen-bond acceptors (Lipinski definition) is 4. The van der Waals surface area contributed by atoms with Crippen molar-refractivity contribution in [2.24, 2.45) is 52.3 Å². The molecule has 0 radical (unpaired) electrons. The lowest BCUT2D eigenvalue weighted by molar-refractivity contribution is -0.252. The van der Waals surface area contributed by atoms with Crippen molar-refractivity contribution in [3.63, 3.8) is 0 Å². The molecule has 0 amide bonds. The Morgan fingerprint density at radius 1 is 0.969 bits per heavy atom. The van der Waals surface area contributed by atoms with Crippen molar-refractivity contribution in [1.29, 1.82) is 0 Å². The largest absolute Gasteiger partial charge is 0.343 e. The number of ketones is 2. The minimum atomic E-state index is -1.01. The summed E-state index contributed by atoms with van der Waals surface area (Å²) >= 11 is 3.82. The number of Topliss-reactive ketones (excluding diaryl/α,β-unsaturated/α-hetero) is 2. The molecule has 2 heterocycles. The molecule has 4 aliphatic carbocycles. The molecule has 0 unspecified atom stereocenters. The molecule has 4 nitrogen and oxygen atoms in total. The topological polar surface area (TPSA) is 52.6 Å². The second-order valence-electron chi connectivity index (χ2n) is 12.9. The molecule has 178 valence electrons. The molecule has 2 aliphatic heterocycles. The Morgan fingerprint density at radius 3 is 2.47 bits per heavy atom. The van der Waals surface area contributed by atoms with Crippen LogP contribution in [0.25, 0.3) is 0 Å². The van der Waals surface area contributed by atoms with E-state index in [0.717, 1.165) is 19.3 Å². The predicted molar refractivity (Wildman–Crippen MR) is 125 cm³/mol. The molecular formula is C27H39BrO4. The van der Waals surface area contributed by atoms with E-state index in [4.69, 9.17) is 9.47 Å². The SMILES string of the molecule is C[C@H]1CO[C@@]2(O[C@H]3C[C@H]4[C@@H]5CC(=O)[C@H]6C[C@@H](Br)CC[C@]6(C)[C@H]5CC[C@]4(C)[C@H]3[C@@H]2C)C(=O)C1. The van der Waals surface area contributed by atoms with E-state index >= 15 is 0 Å². The van der Waals surface area contributed by atoms with E-state index in [0.29, 0.717) is 47.3 Å². The normalized spacial score (nSPS) is 59.5. The summed E-state index contributed by atoms with van der Waals surface area (Å²) in [6, 6.07) is 0. The predicted octanol–water partition coefficient (Wildman–Crippen LogP) is 5.55. The third-order valence-corrected chi connectivity index (χ3v) is 12.3. The van der Waals surface area contributed by atoms with Gasteiger partial charge >= 0.3 is 0 Å². The van der Waals surface area contributed by atoms with Crippen molar-refractivity contribution in [2.45, 2.75) is 95.8 Å². The van der Waals surface area contributed by atoms with E-state index < -0.39 is 5.79 Å². The van der Waals surface area contributed by atoms with Gasteiger partial charge in [-0.05, 0) is 78.9 Å². The van der Waals surface area contributed by atoms with Crippen LogP contribution in [-0.2, 0) is 19.1 Å². The van der Waals surface area contributed by atoms with Gasteiger partial charge in [-0.15, -0.1) is 0 Å². The van der Waals surface area contributed by atoms with Crippen molar-refractivity contribution < 1.29 is 19.1 Å². The van der Waals surface area contributed by atoms with Crippen LogP contribution < -0.4 is 0 Å². The lowest BCUT2D eigenvalue weighted by Gasteiger charge is -2.60. The number of carbonyl (C=O) groups excluding carboxylic acids is 2. The summed E-state index contributed by atoms with van der Waals surface area (Å²) in [6.07, 6.45) is 8.22. The van der Waals surface area contributed by atoms with Crippen LogP contribution in [0.3, 0.4) is 0 Å². The fraction of sp³-hybridized carbons (Fsp3) is 0.926. The number of hydrogen-bond donors (Lipinski definition) is 0. The van der Waals surface area contributed by atoms with Crippen LogP contribution in [0.15, 0.2) is 0 Å². The van der Waals surface area contributed by atoms with Gasteiger partial charge in [-0.3, -0.25) is 9.59 Å². The van der Waals surface area contributed by atoms with Crippen LogP contribution in [0.4, 0.5) is 0 Å². The van der Waals surface area contributed by atoms with Gasteiger partial charge in [0, 0.05) is 29.5 Å². The molecule has 0 aromatic heterocycles. The molecule has 5 heteroatoms. The first-order valence-electron chi connectivity index (χ1n) is 13.1. The van der Waals surface area contributed by atoms with Gasteiger partial charge in [-0.2, -0.15) is 0 Å². The Labute approximate surface area is 201 Å². The van der Waals surface area contributed by atoms with E-state index in [1.807, 2.05) is 0 Å². The van der Waals surface area contributed by atoms with Crippen LogP contribution in [0.1, 0.15) is 79.1 Å². The summed E-state index contributed by atoms with van der Waals surface area (Å²) in [4.78, 5) is 27.1. The van der Waals surface area contributed by atoms with Crippen LogP contribution in [0.5, 0.6) is 0 Å². The second-order valence-corrected chi connectivity index (χ2v) is 14.2. The number of carbonyl (C=O) groups is 2. The van der Waals surface area contributed by atoms with Crippen molar-refractivity contribution >= 4 is 27.5 Å². The summed E-state index contributed by atoms with van der Waals surface area (Å²) in [5.41, 5.74) is 0.299. The van der Waals surface area contributed by atoms with Crippen LogP contribution in [0.2, 0.25) is 0 Å². The smallest absolute Gasteiger partial charge is 0.232 e. The number of rotatable bonds is 0. The average molecular weight is 508 g/mol. The van der Waals surface area contributed by atoms with Gasteiger partial charge in [-0.1, -0.05) is 43.6 Å². The number of fused-ring (bicyclic) bond motifs is 7. The number of ether oxygens (including phenoxy) is 2. The van der Waals surface area contributed by atoms with E-state index in [1.165, 1.54) is 25.7 Å². The highest BCUT2D eigenvalue weighted by Crippen LogP contribution is 2.70. The number of alkyl halides is 1. The van der Waals surface area contributed by atoms with Gasteiger partial charge in [0.05, 0.1) is 12.7 Å². The number of halogens is 1. The summed E-state index contributed by atoms with van der Waals surface area (Å²) in [5, 5.41) is 0. The highest BCUT2D eigenvalue weighted by Gasteiger charge is 2.71. The van der Waals surface area contributed by atoms with Crippen molar-refractivity contribution in [3.8, 4) is 0 Å². The maximum atomic E-state index is 13.4. The van der Waals surface area contributed by atoms with E-state index in [2.05, 4.69) is 43.6 Å². The van der Waals surface area contributed by atoms with Crippen LogP contribution in [0, 0.1) is 52.3 Å². The zero-order valence-corrected chi connectivity index (χ0v) is 21.7. The monoisotopic (exact) mass is 506 g/mol. The molecule has 0 N–H and O–H groups in total. The lowest BCUT2D eigenvalue weighted by Crippen LogP contribution is -2.58. The van der Waals surface area contributed by atoms with Crippen LogP contribution in [-0.4, -0.2) is 34.9 Å². The quantitative estimate of drug-likeness (QED) is 0.403. The molecule has 0 aromatic carbocycles. The highest BCUT2D eigenvalue weighted by atomic mass is 79.9. The first kappa shape index (κ1) is 22.2. The molecule has 0 bridgehead atoms. The van der Waals surface area contributed by atoms with Crippen molar-refractivity contribution in [3.05, 3.63) is 0 Å². The maximum Gasteiger partial charge on any atom is 0.232 e. The third kappa shape index (κ3) is 2.74. The molecule has 6 fully saturated rings. The molecular weight excluding hydrogens is 468 g/mol. The first-order chi connectivity index (χ1) is 15.1.